The summed E-state index contributed by atoms with van der Waals surface area (Å²) in [5, 5.41) is 3.59. The number of fused-ring (bicyclic) bond motifs is 1. The first-order valence-electron chi connectivity index (χ1n) is 10.7. The summed E-state index contributed by atoms with van der Waals surface area (Å²) in [6, 6.07) is 11.9. The molecule has 0 bridgehead atoms. The van der Waals surface area contributed by atoms with Gasteiger partial charge < -0.3 is 19.5 Å². The molecule has 2 aromatic carbocycles. The number of carbonyl (C=O) groups is 2. The minimum atomic E-state index is -0.485. The number of ether oxygens (including phenoxy) is 1. The van der Waals surface area contributed by atoms with Crippen molar-refractivity contribution in [3.05, 3.63) is 72.7 Å². The van der Waals surface area contributed by atoms with Crippen molar-refractivity contribution in [2.45, 2.75) is 33.2 Å². The summed E-state index contributed by atoms with van der Waals surface area (Å²) in [5.41, 5.74) is 1.76. The van der Waals surface area contributed by atoms with Gasteiger partial charge in [-0.3, -0.25) is 4.79 Å². The third-order valence-corrected chi connectivity index (χ3v) is 5.27. The number of hydrogen-bond donors (Lipinski definition) is 1. The van der Waals surface area contributed by atoms with Crippen LogP contribution in [0.5, 0.6) is 5.75 Å². The number of allylic oxidation sites excluding steroid dienone is 1. The molecule has 0 saturated carbocycles. The van der Waals surface area contributed by atoms with E-state index in [1.807, 2.05) is 30.7 Å². The molecule has 0 spiro atoms. The highest BCUT2D eigenvalue weighted by atomic mass is 19.1. The molecule has 0 aliphatic heterocycles. The molecule has 32 heavy (non-hydrogen) atoms. The molecule has 6 nitrogen and oxygen atoms in total. The summed E-state index contributed by atoms with van der Waals surface area (Å²) in [7, 11) is 0. The minimum Gasteiger partial charge on any atom is -0.408 e. The van der Waals surface area contributed by atoms with Gasteiger partial charge >= 0.3 is 6.09 Å². The highest BCUT2D eigenvalue weighted by molar-refractivity contribution is 6.04. The van der Waals surface area contributed by atoms with Crippen LogP contribution in [0.3, 0.4) is 0 Å². The molecule has 2 amide bonds. The Balaban J connectivity index is 2.00. The Hall–Kier alpha value is -3.61. The van der Waals surface area contributed by atoms with E-state index in [9.17, 15) is 14.0 Å². The van der Waals surface area contributed by atoms with Crippen LogP contribution in [0.25, 0.3) is 10.9 Å². The molecule has 7 heteroatoms. The summed E-state index contributed by atoms with van der Waals surface area (Å²) in [6.45, 7) is 8.74. The van der Waals surface area contributed by atoms with E-state index in [4.69, 9.17) is 4.74 Å². The highest BCUT2D eigenvalue weighted by Gasteiger charge is 2.19. The molecule has 0 radical (unpaired) electrons. The van der Waals surface area contributed by atoms with E-state index in [1.165, 1.54) is 6.07 Å². The first kappa shape index (κ1) is 23.1. The summed E-state index contributed by atoms with van der Waals surface area (Å²) >= 11 is 0. The maximum atomic E-state index is 14.2. The number of amides is 2. The zero-order valence-corrected chi connectivity index (χ0v) is 18.4. The fourth-order valence-corrected chi connectivity index (χ4v) is 3.49. The number of hydrogen-bond acceptors (Lipinski definition) is 3. The van der Waals surface area contributed by atoms with Gasteiger partial charge in [0.05, 0.1) is 17.7 Å². The molecular weight excluding hydrogens is 409 g/mol. The second-order valence-electron chi connectivity index (χ2n) is 7.32. The van der Waals surface area contributed by atoms with Crippen LogP contribution in [0.1, 0.15) is 32.3 Å². The fourth-order valence-electron chi connectivity index (χ4n) is 3.49. The molecule has 3 rings (SSSR count). The van der Waals surface area contributed by atoms with E-state index >= 15 is 0 Å². The Bertz CT molecular complexity index is 1120. The van der Waals surface area contributed by atoms with Crippen LogP contribution < -0.4 is 10.1 Å². The summed E-state index contributed by atoms with van der Waals surface area (Å²) in [5.74, 6) is -0.221. The van der Waals surface area contributed by atoms with E-state index in [0.29, 0.717) is 42.7 Å². The summed E-state index contributed by atoms with van der Waals surface area (Å²) < 4.78 is 21.7. The maximum Gasteiger partial charge on any atom is 0.415 e. The summed E-state index contributed by atoms with van der Waals surface area (Å²) in [4.78, 5) is 26.6. The maximum absolute atomic E-state index is 14.2. The lowest BCUT2D eigenvalue weighted by molar-refractivity contribution is -0.116. The largest absolute Gasteiger partial charge is 0.415 e. The monoisotopic (exact) mass is 437 g/mol. The van der Waals surface area contributed by atoms with Crippen molar-refractivity contribution in [2.75, 3.05) is 18.4 Å². The number of benzene rings is 2. The zero-order valence-electron chi connectivity index (χ0n) is 18.4. The van der Waals surface area contributed by atoms with Crippen molar-refractivity contribution in [3.63, 3.8) is 0 Å². The van der Waals surface area contributed by atoms with Crippen LogP contribution in [-0.2, 0) is 11.3 Å². The first-order valence-corrected chi connectivity index (χ1v) is 10.7. The Labute approximate surface area is 187 Å². The van der Waals surface area contributed by atoms with Crippen LogP contribution in [-0.4, -0.2) is 34.6 Å². The lowest BCUT2D eigenvalue weighted by atomic mass is 10.1. The van der Waals surface area contributed by atoms with Crippen molar-refractivity contribution >= 4 is 28.6 Å². The number of nitrogens with one attached hydrogen (secondary N) is 1. The van der Waals surface area contributed by atoms with Gasteiger partial charge in [0.2, 0.25) is 5.91 Å². The topological polar surface area (TPSA) is 63.6 Å². The van der Waals surface area contributed by atoms with Crippen LogP contribution in [0.2, 0.25) is 0 Å². The van der Waals surface area contributed by atoms with E-state index in [1.54, 1.807) is 41.3 Å². The average Bonchev–Trinajstić information content (AvgIpc) is 3.19. The van der Waals surface area contributed by atoms with Gasteiger partial charge in [-0.15, -0.1) is 6.58 Å². The highest BCUT2D eigenvalue weighted by Crippen LogP contribution is 2.35. The lowest BCUT2D eigenvalue weighted by Gasteiger charge is -2.20. The van der Waals surface area contributed by atoms with E-state index in [-0.39, 0.29) is 23.9 Å². The third kappa shape index (κ3) is 5.17. The predicted octanol–water partition coefficient (Wildman–Crippen LogP) is 5.57. The molecule has 0 saturated heterocycles. The standard InChI is InChI=1S/C25H28FN3O3/c1-4-7-12-23(30)27-24-19-15-16-29(17-18-10-8-9-11-20(18)26)21(19)13-14-22(24)32-25(31)28(5-2)6-3/h4,8-11,13-16H,1,5-7,12,17H2,2-3H3,(H,27,30). The molecule has 1 aromatic heterocycles. The van der Waals surface area contributed by atoms with E-state index in [0.717, 1.165) is 5.52 Å². The molecule has 0 fully saturated rings. The Kier molecular flexibility index (Phi) is 7.65. The van der Waals surface area contributed by atoms with Crippen molar-refractivity contribution in [3.8, 4) is 5.75 Å². The molecule has 1 N–H and O–H groups in total. The average molecular weight is 438 g/mol. The second kappa shape index (κ2) is 10.6. The fraction of sp³-hybridized carbons (Fsp3) is 0.280. The number of rotatable bonds is 9. The van der Waals surface area contributed by atoms with Crippen molar-refractivity contribution in [1.82, 2.24) is 9.47 Å². The number of halogens is 1. The number of anilines is 1. The lowest BCUT2D eigenvalue weighted by Crippen LogP contribution is -2.33. The van der Waals surface area contributed by atoms with E-state index < -0.39 is 6.09 Å². The van der Waals surface area contributed by atoms with Crippen LogP contribution in [0, 0.1) is 5.82 Å². The molecule has 0 unspecified atom stereocenters. The Morgan fingerprint density at radius 2 is 1.91 bits per heavy atom. The third-order valence-electron chi connectivity index (χ3n) is 5.27. The Morgan fingerprint density at radius 1 is 1.16 bits per heavy atom. The van der Waals surface area contributed by atoms with Crippen LogP contribution >= 0.6 is 0 Å². The van der Waals surface area contributed by atoms with Gasteiger partial charge in [0.25, 0.3) is 0 Å². The van der Waals surface area contributed by atoms with Gasteiger partial charge in [0, 0.05) is 36.7 Å². The summed E-state index contributed by atoms with van der Waals surface area (Å²) in [6.07, 6.45) is 3.81. The molecule has 0 aliphatic carbocycles. The molecule has 0 atom stereocenters. The first-order chi connectivity index (χ1) is 15.5. The zero-order chi connectivity index (χ0) is 23.1. The Morgan fingerprint density at radius 3 is 2.59 bits per heavy atom. The molecule has 168 valence electrons. The molecule has 0 aliphatic rings. The normalized spacial score (nSPS) is 10.7. The van der Waals surface area contributed by atoms with Crippen molar-refractivity contribution in [2.24, 2.45) is 0 Å². The quantitative estimate of drug-likeness (QED) is 0.445. The van der Waals surface area contributed by atoms with Gasteiger partial charge in [0.1, 0.15) is 5.82 Å². The van der Waals surface area contributed by atoms with Gasteiger partial charge in [-0.2, -0.15) is 0 Å². The van der Waals surface area contributed by atoms with E-state index in [2.05, 4.69) is 11.9 Å². The van der Waals surface area contributed by atoms with Crippen molar-refractivity contribution < 1.29 is 18.7 Å². The molecule has 3 aromatic rings. The van der Waals surface area contributed by atoms with Crippen LogP contribution in [0.4, 0.5) is 14.9 Å². The van der Waals surface area contributed by atoms with Gasteiger partial charge in [-0.1, -0.05) is 24.3 Å². The minimum absolute atomic E-state index is 0.209. The smallest absolute Gasteiger partial charge is 0.408 e. The molecule has 1 heterocycles. The number of carbonyl (C=O) groups excluding carboxylic acids is 2. The number of nitrogens with zero attached hydrogens (tertiary/aromatic N) is 2. The second-order valence-corrected chi connectivity index (χ2v) is 7.32. The van der Waals surface area contributed by atoms with Crippen LogP contribution in [0.15, 0.2) is 61.3 Å². The van der Waals surface area contributed by atoms with Gasteiger partial charge in [-0.25, -0.2) is 9.18 Å². The number of aromatic nitrogens is 1. The van der Waals surface area contributed by atoms with Gasteiger partial charge in [0.15, 0.2) is 5.75 Å². The molecular formula is C25H28FN3O3. The van der Waals surface area contributed by atoms with Crippen molar-refractivity contribution in [1.29, 1.82) is 0 Å². The predicted molar refractivity (Wildman–Crippen MR) is 124 cm³/mol. The van der Waals surface area contributed by atoms with Gasteiger partial charge in [-0.05, 0) is 44.5 Å². The SMILES string of the molecule is C=CCCC(=O)Nc1c(OC(=O)N(CC)CC)ccc2c1ccn2Cc1ccccc1F.